The average molecular weight is 188 g/mol. The van der Waals surface area contributed by atoms with Gasteiger partial charge in [-0.3, -0.25) is 0 Å². The molecule has 0 fully saturated rings. The first-order valence-electron chi connectivity index (χ1n) is 5.17. The summed E-state index contributed by atoms with van der Waals surface area (Å²) >= 11 is 0. The molecule has 0 heterocycles. The maximum atomic E-state index is 5.48. The van der Waals surface area contributed by atoms with Crippen molar-refractivity contribution in [1.82, 2.24) is 0 Å². The largest absolute Gasteiger partial charge is 0.423 e. The first kappa shape index (κ1) is 12.2. The molecule has 0 saturated carbocycles. The molecule has 1 nitrogen and oxygen atoms in total. The normalized spacial score (nSPS) is 12.2. The molecule has 0 rings (SSSR count). The van der Waals surface area contributed by atoms with E-state index in [1.807, 2.05) is 0 Å². The van der Waals surface area contributed by atoms with Gasteiger partial charge in [-0.25, -0.2) is 0 Å². The molecule has 0 aromatic carbocycles. The standard InChI is InChI=1S/C10H24OSi/c1-4-5-6-7-8-9-10(2,3)11-12/h4-9H2,1-3,12H3. The van der Waals surface area contributed by atoms with E-state index >= 15 is 0 Å². The van der Waals surface area contributed by atoms with Gasteiger partial charge in [0.05, 0.1) is 0 Å². The minimum atomic E-state index is 0.151. The lowest BCUT2D eigenvalue weighted by Gasteiger charge is -2.23. The molecular weight excluding hydrogens is 164 g/mol. The molecule has 0 saturated heterocycles. The summed E-state index contributed by atoms with van der Waals surface area (Å²) in [4.78, 5) is 0. The third-order valence-corrected chi connectivity index (χ3v) is 3.54. The van der Waals surface area contributed by atoms with Crippen molar-refractivity contribution in [1.29, 1.82) is 0 Å². The minimum absolute atomic E-state index is 0.151. The molecule has 0 bridgehead atoms. The maximum absolute atomic E-state index is 5.48. The maximum Gasteiger partial charge on any atom is 0.146 e. The van der Waals surface area contributed by atoms with E-state index in [1.54, 1.807) is 0 Å². The molecule has 0 aromatic heterocycles. The number of hydrogen-bond acceptors (Lipinski definition) is 1. The number of hydrogen-bond donors (Lipinski definition) is 0. The Labute approximate surface area is 80.4 Å². The Morgan fingerprint density at radius 2 is 1.67 bits per heavy atom. The van der Waals surface area contributed by atoms with Crippen LogP contribution in [0, 0.1) is 0 Å². The van der Waals surface area contributed by atoms with Gasteiger partial charge in [-0.05, 0) is 20.3 Å². The molecule has 0 N–H and O–H groups in total. The van der Waals surface area contributed by atoms with Crippen molar-refractivity contribution in [2.75, 3.05) is 0 Å². The molecule has 2 heteroatoms. The smallest absolute Gasteiger partial charge is 0.146 e. The summed E-state index contributed by atoms with van der Waals surface area (Å²) < 4.78 is 5.48. The minimum Gasteiger partial charge on any atom is -0.423 e. The van der Waals surface area contributed by atoms with Gasteiger partial charge in [-0.2, -0.15) is 0 Å². The summed E-state index contributed by atoms with van der Waals surface area (Å²) in [5.74, 6) is 0. The van der Waals surface area contributed by atoms with Crippen LogP contribution in [0.1, 0.15) is 59.3 Å². The Bertz CT molecular complexity index is 102. The molecule has 0 aliphatic carbocycles. The molecular formula is C10H24OSi. The molecule has 0 atom stereocenters. The quantitative estimate of drug-likeness (QED) is 0.440. The highest BCUT2D eigenvalue weighted by Crippen LogP contribution is 2.17. The zero-order valence-electron chi connectivity index (χ0n) is 9.15. The molecule has 12 heavy (non-hydrogen) atoms. The van der Waals surface area contributed by atoms with Crippen molar-refractivity contribution < 1.29 is 4.43 Å². The van der Waals surface area contributed by atoms with Crippen molar-refractivity contribution in [2.45, 2.75) is 64.9 Å². The first-order valence-corrected chi connectivity index (χ1v) is 5.99. The Morgan fingerprint density at radius 3 is 2.17 bits per heavy atom. The average Bonchev–Trinajstić information content (AvgIpc) is 2.04. The van der Waals surface area contributed by atoms with Crippen molar-refractivity contribution in [3.05, 3.63) is 0 Å². The van der Waals surface area contributed by atoms with Gasteiger partial charge in [0.2, 0.25) is 0 Å². The summed E-state index contributed by atoms with van der Waals surface area (Å²) in [5, 5.41) is 0. The Balaban J connectivity index is 3.19. The van der Waals surface area contributed by atoms with Gasteiger partial charge in [-0.1, -0.05) is 39.0 Å². The monoisotopic (exact) mass is 188 g/mol. The third-order valence-electron chi connectivity index (χ3n) is 2.43. The van der Waals surface area contributed by atoms with Crippen LogP contribution in [0.15, 0.2) is 0 Å². The zero-order valence-corrected chi connectivity index (χ0v) is 11.2. The molecule has 0 aliphatic rings. The third kappa shape index (κ3) is 6.86. The molecule has 0 unspecified atom stereocenters. The summed E-state index contributed by atoms with van der Waals surface area (Å²) in [7, 11) is 0.867. The fourth-order valence-electron chi connectivity index (χ4n) is 1.26. The predicted molar refractivity (Wildman–Crippen MR) is 58.5 cm³/mol. The molecule has 0 spiro atoms. The van der Waals surface area contributed by atoms with E-state index in [2.05, 4.69) is 20.8 Å². The van der Waals surface area contributed by atoms with Crippen molar-refractivity contribution in [3.63, 3.8) is 0 Å². The zero-order chi connectivity index (χ0) is 9.45. The predicted octanol–water partition coefficient (Wildman–Crippen LogP) is 2.42. The Hall–Kier alpha value is 0.177. The lowest BCUT2D eigenvalue weighted by atomic mass is 10.0. The highest BCUT2D eigenvalue weighted by atomic mass is 28.2. The van der Waals surface area contributed by atoms with Crippen LogP contribution < -0.4 is 0 Å². The SMILES string of the molecule is CCCCCCCC(C)(C)O[SiH3]. The van der Waals surface area contributed by atoms with Gasteiger partial charge in [0, 0.05) is 5.60 Å². The van der Waals surface area contributed by atoms with Crippen LogP contribution in [0.5, 0.6) is 0 Å². The second kappa shape index (κ2) is 6.67. The fraction of sp³-hybridized carbons (Fsp3) is 1.00. The van der Waals surface area contributed by atoms with E-state index in [-0.39, 0.29) is 5.60 Å². The topological polar surface area (TPSA) is 9.23 Å². The Kier molecular flexibility index (Phi) is 6.77. The van der Waals surface area contributed by atoms with Gasteiger partial charge in [0.25, 0.3) is 0 Å². The van der Waals surface area contributed by atoms with Crippen molar-refractivity contribution >= 4 is 10.5 Å². The molecule has 0 amide bonds. The van der Waals surface area contributed by atoms with Crippen LogP contribution in [-0.4, -0.2) is 16.1 Å². The van der Waals surface area contributed by atoms with Crippen molar-refractivity contribution in [2.24, 2.45) is 0 Å². The van der Waals surface area contributed by atoms with Gasteiger partial charge in [0.1, 0.15) is 10.5 Å². The second-order valence-electron chi connectivity index (χ2n) is 4.13. The summed E-state index contributed by atoms with van der Waals surface area (Å²) in [6.07, 6.45) is 8.05. The van der Waals surface area contributed by atoms with E-state index in [0.717, 1.165) is 10.5 Å². The summed E-state index contributed by atoms with van der Waals surface area (Å²) in [6, 6.07) is 0. The van der Waals surface area contributed by atoms with Crippen LogP contribution in [0.2, 0.25) is 0 Å². The lowest BCUT2D eigenvalue weighted by molar-refractivity contribution is 0.109. The highest BCUT2D eigenvalue weighted by Gasteiger charge is 2.13. The van der Waals surface area contributed by atoms with Crippen molar-refractivity contribution in [3.8, 4) is 0 Å². The first-order chi connectivity index (χ1) is 5.62. The van der Waals surface area contributed by atoms with Gasteiger partial charge in [0.15, 0.2) is 0 Å². The molecule has 0 aromatic rings. The Morgan fingerprint density at radius 1 is 1.08 bits per heavy atom. The van der Waals surface area contributed by atoms with Crippen LogP contribution >= 0.6 is 0 Å². The lowest BCUT2D eigenvalue weighted by Crippen LogP contribution is -2.22. The van der Waals surface area contributed by atoms with Crippen LogP contribution in [0.4, 0.5) is 0 Å². The van der Waals surface area contributed by atoms with Gasteiger partial charge >= 0.3 is 0 Å². The van der Waals surface area contributed by atoms with E-state index < -0.39 is 0 Å². The van der Waals surface area contributed by atoms with Gasteiger partial charge in [-0.15, -0.1) is 0 Å². The fourth-order valence-corrected chi connectivity index (χ4v) is 1.46. The molecule has 74 valence electrons. The number of rotatable bonds is 7. The summed E-state index contributed by atoms with van der Waals surface area (Å²) in [6.45, 7) is 6.64. The van der Waals surface area contributed by atoms with E-state index in [9.17, 15) is 0 Å². The highest BCUT2D eigenvalue weighted by molar-refractivity contribution is 5.98. The molecule has 0 aliphatic heterocycles. The van der Waals surface area contributed by atoms with E-state index in [1.165, 1.54) is 38.5 Å². The van der Waals surface area contributed by atoms with Crippen LogP contribution in [-0.2, 0) is 4.43 Å². The number of unbranched alkanes of at least 4 members (excludes halogenated alkanes) is 4. The van der Waals surface area contributed by atoms with Crippen LogP contribution in [0.3, 0.4) is 0 Å². The van der Waals surface area contributed by atoms with Gasteiger partial charge < -0.3 is 4.43 Å². The summed E-state index contributed by atoms with van der Waals surface area (Å²) in [5.41, 5.74) is 0.151. The molecule has 0 radical (unpaired) electrons. The van der Waals surface area contributed by atoms with E-state index in [0.29, 0.717) is 0 Å². The van der Waals surface area contributed by atoms with E-state index in [4.69, 9.17) is 4.43 Å². The second-order valence-corrected chi connectivity index (χ2v) is 4.54. The van der Waals surface area contributed by atoms with Crippen LogP contribution in [0.25, 0.3) is 0 Å².